The summed E-state index contributed by atoms with van der Waals surface area (Å²) in [5.41, 5.74) is 41.6. The summed E-state index contributed by atoms with van der Waals surface area (Å²) in [6.07, 6.45) is 0. The van der Waals surface area contributed by atoms with Gasteiger partial charge in [-0.2, -0.15) is 0 Å². The Balaban J connectivity index is 0.810. The van der Waals surface area contributed by atoms with Crippen LogP contribution in [-0.2, 0) is 32.5 Å². The average molecular weight is 1140 g/mol. The fourth-order valence-electron chi connectivity index (χ4n) is 18.2. The van der Waals surface area contributed by atoms with E-state index in [-0.39, 0.29) is 32.5 Å². The van der Waals surface area contributed by atoms with Gasteiger partial charge in [-0.15, -0.1) is 0 Å². The Kier molecular flexibility index (Phi) is 10.5. The molecular formula is C86H76N2. The number of nitrogens with zero attached hydrogens (tertiary/aromatic N) is 2. The van der Waals surface area contributed by atoms with E-state index in [0.717, 1.165) is 0 Å². The SMILES string of the molecule is Cc1c(C)c2c(c3c1-c1ccc(N(c4ccc5c(c4)C(C)(C)c4ccccc4-5)c4ccc5c(c4)C(C)(C)c4ccccc4-5)cc1C3(C)C)C(C)(C)c1cc(N(c3ccc4c(c3)C(C)(C)c3ccccc3-4)c3ccc4c(c3)C(C)(C)c3ccccc3-4)ccc1-2. The van der Waals surface area contributed by atoms with Gasteiger partial charge in [-0.3, -0.25) is 0 Å². The molecule has 11 aromatic rings. The maximum absolute atomic E-state index is 2.56. The summed E-state index contributed by atoms with van der Waals surface area (Å²) in [6.45, 7) is 34.1. The van der Waals surface area contributed by atoms with Crippen LogP contribution in [0.15, 0.2) is 206 Å². The molecule has 0 aromatic heterocycles. The van der Waals surface area contributed by atoms with Crippen LogP contribution in [0.4, 0.5) is 34.1 Å². The molecule has 2 heteroatoms. The highest BCUT2D eigenvalue weighted by Crippen LogP contribution is 2.64. The molecule has 88 heavy (non-hydrogen) atoms. The number of fused-ring (bicyclic) bond motifs is 19. The molecule has 11 aromatic carbocycles. The van der Waals surface area contributed by atoms with Crippen molar-refractivity contribution in [1.29, 1.82) is 0 Å². The molecule has 0 atom stereocenters. The largest absolute Gasteiger partial charge is 0.310 e. The first kappa shape index (κ1) is 53.3. The van der Waals surface area contributed by atoms with Crippen LogP contribution in [0, 0.1) is 13.8 Å². The van der Waals surface area contributed by atoms with E-state index in [4.69, 9.17) is 0 Å². The Bertz CT molecular complexity index is 4430. The molecule has 0 saturated carbocycles. The molecule has 0 fully saturated rings. The Morgan fingerprint density at radius 3 is 0.636 bits per heavy atom. The van der Waals surface area contributed by atoms with Gasteiger partial charge in [0.25, 0.3) is 0 Å². The smallest absolute Gasteiger partial charge is 0.0465 e. The van der Waals surface area contributed by atoms with Gasteiger partial charge in [-0.05, 0) is 231 Å². The van der Waals surface area contributed by atoms with Crippen LogP contribution in [0.3, 0.4) is 0 Å². The minimum Gasteiger partial charge on any atom is -0.310 e. The fraction of sp³-hybridized carbons (Fsp3) is 0.233. The topological polar surface area (TPSA) is 6.48 Å². The van der Waals surface area contributed by atoms with Gasteiger partial charge in [-0.1, -0.05) is 217 Å². The summed E-state index contributed by atoms with van der Waals surface area (Å²) in [5.74, 6) is 0. The Morgan fingerprint density at radius 2 is 0.398 bits per heavy atom. The number of benzene rings is 11. The van der Waals surface area contributed by atoms with E-state index in [2.05, 4.69) is 313 Å². The van der Waals surface area contributed by atoms with E-state index >= 15 is 0 Å². The predicted octanol–water partition coefficient (Wildman–Crippen LogP) is 23.1. The van der Waals surface area contributed by atoms with Gasteiger partial charge < -0.3 is 9.80 Å². The van der Waals surface area contributed by atoms with Crippen LogP contribution in [-0.4, -0.2) is 0 Å². The normalized spacial score (nSPS) is 17.1. The molecule has 430 valence electrons. The van der Waals surface area contributed by atoms with Gasteiger partial charge in [-0.25, -0.2) is 0 Å². The molecule has 0 heterocycles. The number of rotatable bonds is 6. The van der Waals surface area contributed by atoms with Crippen molar-refractivity contribution in [2.75, 3.05) is 9.80 Å². The minimum atomic E-state index is -0.324. The first-order valence-corrected chi connectivity index (χ1v) is 32.1. The molecule has 0 amide bonds. The number of anilines is 6. The quantitative estimate of drug-likeness (QED) is 0.164. The lowest BCUT2D eigenvalue weighted by Crippen LogP contribution is -2.25. The van der Waals surface area contributed by atoms with E-state index in [1.54, 1.807) is 0 Å². The molecule has 0 spiro atoms. The summed E-state index contributed by atoms with van der Waals surface area (Å²) in [7, 11) is 0. The van der Waals surface area contributed by atoms with Crippen LogP contribution in [0.5, 0.6) is 0 Å². The van der Waals surface area contributed by atoms with Crippen molar-refractivity contribution in [2.45, 2.75) is 129 Å². The first-order valence-electron chi connectivity index (χ1n) is 32.1. The molecule has 2 nitrogen and oxygen atoms in total. The van der Waals surface area contributed by atoms with Crippen molar-refractivity contribution in [3.05, 3.63) is 284 Å². The lowest BCUT2D eigenvalue weighted by Gasteiger charge is -2.33. The maximum atomic E-state index is 2.56. The zero-order chi connectivity index (χ0) is 60.7. The van der Waals surface area contributed by atoms with Crippen LogP contribution < -0.4 is 9.80 Å². The number of hydrogen-bond acceptors (Lipinski definition) is 2. The third-order valence-electron chi connectivity index (χ3n) is 23.0. The third kappa shape index (κ3) is 6.74. The highest BCUT2D eigenvalue weighted by atomic mass is 15.1. The molecule has 6 aliphatic carbocycles. The Labute approximate surface area is 521 Å². The van der Waals surface area contributed by atoms with Gasteiger partial charge in [0.2, 0.25) is 0 Å². The summed E-state index contributed by atoms with van der Waals surface area (Å²) in [5, 5.41) is 0. The second-order valence-corrected chi connectivity index (χ2v) is 29.7. The lowest BCUT2D eigenvalue weighted by atomic mass is 9.71. The van der Waals surface area contributed by atoms with Crippen LogP contribution in [0.2, 0.25) is 0 Å². The molecule has 6 aliphatic rings. The predicted molar refractivity (Wildman–Crippen MR) is 371 cm³/mol. The second-order valence-electron chi connectivity index (χ2n) is 29.7. The summed E-state index contributed by atoms with van der Waals surface area (Å²) >= 11 is 0. The highest BCUT2D eigenvalue weighted by molar-refractivity contribution is 5.98. The van der Waals surface area contributed by atoms with Crippen molar-refractivity contribution in [1.82, 2.24) is 0 Å². The van der Waals surface area contributed by atoms with Crippen molar-refractivity contribution >= 4 is 34.1 Å². The monoisotopic (exact) mass is 1140 g/mol. The molecule has 0 N–H and O–H groups in total. The first-order chi connectivity index (χ1) is 42.0. The average Bonchev–Trinajstić information content (AvgIpc) is 1.52. The summed E-state index contributed by atoms with van der Waals surface area (Å²) < 4.78 is 0. The van der Waals surface area contributed by atoms with Gasteiger partial charge in [0.1, 0.15) is 0 Å². The van der Waals surface area contributed by atoms with E-state index < -0.39 is 0 Å². The zero-order valence-electron chi connectivity index (χ0n) is 53.5. The molecule has 0 unspecified atom stereocenters. The molecule has 0 saturated heterocycles. The minimum absolute atomic E-state index is 0.145. The van der Waals surface area contributed by atoms with E-state index in [0.29, 0.717) is 0 Å². The fourth-order valence-corrected chi connectivity index (χ4v) is 18.2. The van der Waals surface area contributed by atoms with Crippen molar-refractivity contribution in [3.8, 4) is 66.8 Å². The molecule has 0 aliphatic heterocycles. The lowest BCUT2D eigenvalue weighted by molar-refractivity contribution is 0.600. The van der Waals surface area contributed by atoms with Crippen LogP contribution in [0.1, 0.15) is 161 Å². The van der Waals surface area contributed by atoms with E-state index in [1.807, 2.05) is 0 Å². The third-order valence-corrected chi connectivity index (χ3v) is 23.0. The summed E-state index contributed by atoms with van der Waals surface area (Å²) in [6, 6.07) is 80.0. The summed E-state index contributed by atoms with van der Waals surface area (Å²) in [4.78, 5) is 5.13. The second kappa shape index (κ2) is 17.4. The van der Waals surface area contributed by atoms with Gasteiger partial charge in [0, 0.05) is 66.6 Å². The molecule has 17 rings (SSSR count). The Morgan fingerprint density at radius 1 is 0.205 bits per heavy atom. The van der Waals surface area contributed by atoms with E-state index in [9.17, 15) is 0 Å². The highest BCUT2D eigenvalue weighted by Gasteiger charge is 2.49. The van der Waals surface area contributed by atoms with Crippen LogP contribution in [0.25, 0.3) is 66.8 Å². The van der Waals surface area contributed by atoms with Crippen molar-refractivity contribution in [2.24, 2.45) is 0 Å². The maximum Gasteiger partial charge on any atom is 0.0465 e. The molecular weight excluding hydrogens is 1060 g/mol. The van der Waals surface area contributed by atoms with Gasteiger partial charge >= 0.3 is 0 Å². The standard InChI is InChI=1S/C86H76N2/c1-49-50(2)78-66-42-36-56(88(53-33-39-63-59-25-17-21-29-69(59)83(7,8)73(63)45-53)54-34-40-64-60-26-18-22-30-70(60)84(9,10)74(64)46-54)48-76(66)86(13,14)80(78)79-77(49)65-41-35-55(47-75(65)85(79,11)12)87(51-31-37-61-57-23-15-19-27-67(57)81(3,4)71(61)43-51)52-32-38-62-58-24-16-20-28-68(58)82(5,6)72(62)44-52/h15-48H,1-14H3. The molecule has 0 radical (unpaired) electrons. The van der Waals surface area contributed by atoms with Gasteiger partial charge in [0.05, 0.1) is 0 Å². The Hall–Kier alpha value is -8.98. The van der Waals surface area contributed by atoms with Gasteiger partial charge in [0.15, 0.2) is 0 Å². The molecule has 0 bridgehead atoms. The van der Waals surface area contributed by atoms with Crippen molar-refractivity contribution < 1.29 is 0 Å². The van der Waals surface area contributed by atoms with Crippen LogP contribution >= 0.6 is 0 Å². The van der Waals surface area contributed by atoms with Crippen molar-refractivity contribution in [3.63, 3.8) is 0 Å². The zero-order valence-corrected chi connectivity index (χ0v) is 53.5. The van der Waals surface area contributed by atoms with E-state index in [1.165, 1.54) is 179 Å². The number of hydrogen-bond donors (Lipinski definition) is 0.